The molecule has 1 aliphatic heterocycles. The monoisotopic (exact) mass is 405 g/mol. The van der Waals surface area contributed by atoms with Gasteiger partial charge in [0.15, 0.2) is 0 Å². The molecule has 144 valence electrons. The number of phenols is 1. The molecule has 0 radical (unpaired) electrons. The molecule has 1 amide bonds. The number of nitrogens with zero attached hydrogens (tertiary/aromatic N) is 1. The third-order valence-electron chi connectivity index (χ3n) is 4.79. The van der Waals surface area contributed by atoms with Crippen LogP contribution in [0.4, 0.5) is 5.69 Å². The molecule has 2 N–H and O–H groups in total. The molecule has 0 bridgehead atoms. The van der Waals surface area contributed by atoms with Crippen molar-refractivity contribution in [3.05, 3.63) is 101 Å². The summed E-state index contributed by atoms with van der Waals surface area (Å²) in [6.07, 6.45) is 0. The second-order valence-electron chi connectivity index (χ2n) is 6.61. The molecular weight excluding hydrogens is 390 g/mol. The number of hydrogen-bond donors (Lipinski definition) is 2. The number of phenolic OH excluding ortho intramolecular Hbond substituents is 1. The quantitative estimate of drug-likeness (QED) is 0.377. The molecule has 0 spiro atoms. The molecule has 29 heavy (non-hydrogen) atoms. The van der Waals surface area contributed by atoms with E-state index < -0.39 is 17.7 Å². The zero-order valence-corrected chi connectivity index (χ0v) is 15.9. The highest BCUT2D eigenvalue weighted by Gasteiger charge is 2.46. The van der Waals surface area contributed by atoms with Crippen LogP contribution in [0, 0.1) is 0 Å². The Morgan fingerprint density at radius 2 is 1.59 bits per heavy atom. The Labute approximate surface area is 172 Å². The van der Waals surface area contributed by atoms with Crippen molar-refractivity contribution in [3.8, 4) is 5.75 Å². The number of rotatable bonds is 3. The molecule has 0 aromatic heterocycles. The molecule has 3 aromatic rings. The van der Waals surface area contributed by atoms with E-state index in [4.69, 9.17) is 11.6 Å². The summed E-state index contributed by atoms with van der Waals surface area (Å²) in [5.74, 6) is -1.75. The van der Waals surface area contributed by atoms with E-state index in [0.717, 1.165) is 0 Å². The molecule has 1 heterocycles. The highest BCUT2D eigenvalue weighted by molar-refractivity contribution is 6.51. The Morgan fingerprint density at radius 1 is 0.897 bits per heavy atom. The Hall–Kier alpha value is -3.57. The Bertz CT molecular complexity index is 1120. The van der Waals surface area contributed by atoms with Crippen LogP contribution in [0.15, 0.2) is 84.4 Å². The number of amides is 1. The van der Waals surface area contributed by atoms with Crippen LogP contribution in [0.25, 0.3) is 5.76 Å². The third kappa shape index (κ3) is 3.37. The molecule has 1 aliphatic rings. The number of carbonyl (C=O) groups is 2. The first-order chi connectivity index (χ1) is 14.0. The standard InChI is InChI=1S/C23H16ClNO4/c24-16-7-4-8-17(13-16)25-20(14-9-11-18(26)12-10-14)19(22(28)23(25)29)21(27)15-5-2-1-3-6-15/h1-13,20,26-27H/t20-/m0/s1. The molecule has 0 unspecified atom stereocenters. The molecule has 5 nitrogen and oxygen atoms in total. The topological polar surface area (TPSA) is 77.8 Å². The minimum atomic E-state index is -0.866. The lowest BCUT2D eigenvalue weighted by Crippen LogP contribution is -2.29. The summed E-state index contributed by atoms with van der Waals surface area (Å²) in [7, 11) is 0. The van der Waals surface area contributed by atoms with Gasteiger partial charge in [-0.05, 0) is 35.9 Å². The van der Waals surface area contributed by atoms with Crippen LogP contribution >= 0.6 is 11.6 Å². The van der Waals surface area contributed by atoms with Crippen molar-refractivity contribution in [2.45, 2.75) is 6.04 Å². The summed E-state index contributed by atoms with van der Waals surface area (Å²) in [6, 6.07) is 20.5. The molecule has 0 saturated carbocycles. The number of benzene rings is 3. The maximum absolute atomic E-state index is 13.0. The minimum absolute atomic E-state index is 0.0214. The number of carbonyl (C=O) groups excluding carboxylic acids is 2. The van der Waals surface area contributed by atoms with Crippen molar-refractivity contribution in [2.75, 3.05) is 4.90 Å². The lowest BCUT2D eigenvalue weighted by molar-refractivity contribution is -0.132. The molecule has 1 fully saturated rings. The summed E-state index contributed by atoms with van der Waals surface area (Å²) in [4.78, 5) is 27.2. The molecule has 0 aliphatic carbocycles. The molecule has 4 rings (SSSR count). The van der Waals surface area contributed by atoms with Crippen LogP contribution in [0.5, 0.6) is 5.75 Å². The number of aromatic hydroxyl groups is 1. The van der Waals surface area contributed by atoms with Crippen LogP contribution in [0.1, 0.15) is 17.2 Å². The molecule has 1 saturated heterocycles. The highest BCUT2D eigenvalue weighted by Crippen LogP contribution is 2.42. The number of Topliss-reactive ketones (excluding diaryl/α,β-unsaturated/α-hetero) is 1. The van der Waals surface area contributed by atoms with Crippen LogP contribution in [-0.4, -0.2) is 21.9 Å². The fraction of sp³-hybridized carbons (Fsp3) is 0.0435. The van der Waals surface area contributed by atoms with E-state index in [2.05, 4.69) is 0 Å². The first-order valence-electron chi connectivity index (χ1n) is 8.88. The summed E-state index contributed by atoms with van der Waals surface area (Å²) >= 11 is 6.10. The Kier molecular flexibility index (Phi) is 4.82. The normalized spacial score (nSPS) is 18.2. The van der Waals surface area contributed by atoms with E-state index >= 15 is 0 Å². The van der Waals surface area contributed by atoms with Gasteiger partial charge in [-0.3, -0.25) is 14.5 Å². The van der Waals surface area contributed by atoms with Gasteiger partial charge in [0, 0.05) is 16.3 Å². The van der Waals surface area contributed by atoms with Gasteiger partial charge in [0.05, 0.1) is 11.6 Å². The maximum atomic E-state index is 13.0. The van der Waals surface area contributed by atoms with Gasteiger partial charge in [-0.15, -0.1) is 0 Å². The predicted molar refractivity (Wildman–Crippen MR) is 111 cm³/mol. The predicted octanol–water partition coefficient (Wildman–Crippen LogP) is 4.67. The minimum Gasteiger partial charge on any atom is -0.508 e. The number of aliphatic hydroxyl groups excluding tert-OH is 1. The molecular formula is C23H16ClNO4. The van der Waals surface area contributed by atoms with Gasteiger partial charge in [-0.25, -0.2) is 0 Å². The van der Waals surface area contributed by atoms with Crippen molar-refractivity contribution >= 4 is 34.7 Å². The van der Waals surface area contributed by atoms with E-state index in [9.17, 15) is 19.8 Å². The summed E-state index contributed by atoms with van der Waals surface area (Å²) in [6.45, 7) is 0. The third-order valence-corrected chi connectivity index (χ3v) is 5.02. The van der Waals surface area contributed by atoms with E-state index in [0.29, 0.717) is 21.8 Å². The summed E-state index contributed by atoms with van der Waals surface area (Å²) in [5.41, 5.74) is 1.41. The van der Waals surface area contributed by atoms with Gasteiger partial charge < -0.3 is 10.2 Å². The first-order valence-corrected chi connectivity index (χ1v) is 9.26. The fourth-order valence-corrected chi connectivity index (χ4v) is 3.63. The van der Waals surface area contributed by atoms with Crippen LogP contribution in [0.3, 0.4) is 0 Å². The lowest BCUT2D eigenvalue weighted by Gasteiger charge is -2.25. The van der Waals surface area contributed by atoms with Crippen LogP contribution in [0.2, 0.25) is 5.02 Å². The van der Waals surface area contributed by atoms with Gasteiger partial charge in [0.1, 0.15) is 11.5 Å². The van der Waals surface area contributed by atoms with Crippen molar-refractivity contribution in [3.63, 3.8) is 0 Å². The molecule has 6 heteroatoms. The summed E-state index contributed by atoms with van der Waals surface area (Å²) in [5, 5.41) is 21.0. The molecule has 3 aromatic carbocycles. The fourth-order valence-electron chi connectivity index (χ4n) is 3.45. The van der Waals surface area contributed by atoms with E-state index in [1.54, 1.807) is 66.7 Å². The average molecular weight is 406 g/mol. The van der Waals surface area contributed by atoms with Crippen LogP contribution in [-0.2, 0) is 9.59 Å². The highest BCUT2D eigenvalue weighted by atomic mass is 35.5. The lowest BCUT2D eigenvalue weighted by atomic mass is 9.95. The number of halogens is 1. The first kappa shape index (κ1) is 18.8. The average Bonchev–Trinajstić information content (AvgIpc) is 2.99. The van der Waals surface area contributed by atoms with Crippen molar-refractivity contribution in [1.82, 2.24) is 0 Å². The Morgan fingerprint density at radius 3 is 2.24 bits per heavy atom. The van der Waals surface area contributed by atoms with Gasteiger partial charge in [-0.2, -0.15) is 0 Å². The molecule has 1 atom stereocenters. The largest absolute Gasteiger partial charge is 0.508 e. The van der Waals surface area contributed by atoms with Gasteiger partial charge in [0.2, 0.25) is 0 Å². The van der Waals surface area contributed by atoms with Gasteiger partial charge in [0.25, 0.3) is 11.7 Å². The Balaban J connectivity index is 1.96. The summed E-state index contributed by atoms with van der Waals surface area (Å²) < 4.78 is 0. The zero-order valence-electron chi connectivity index (χ0n) is 15.1. The van der Waals surface area contributed by atoms with Crippen LogP contribution < -0.4 is 4.90 Å². The second-order valence-corrected chi connectivity index (χ2v) is 7.04. The van der Waals surface area contributed by atoms with Crippen molar-refractivity contribution in [1.29, 1.82) is 0 Å². The maximum Gasteiger partial charge on any atom is 0.300 e. The van der Waals surface area contributed by atoms with E-state index in [1.807, 2.05) is 0 Å². The van der Waals surface area contributed by atoms with E-state index in [1.165, 1.54) is 17.0 Å². The van der Waals surface area contributed by atoms with Crippen molar-refractivity contribution < 1.29 is 19.8 Å². The smallest absolute Gasteiger partial charge is 0.300 e. The van der Waals surface area contributed by atoms with E-state index in [-0.39, 0.29) is 17.1 Å². The SMILES string of the molecule is O=C1C(=O)N(c2cccc(Cl)c2)[C@@H](c2ccc(O)cc2)C1=C(O)c1ccccc1. The number of hydrogen-bond acceptors (Lipinski definition) is 4. The number of aliphatic hydroxyl groups is 1. The van der Waals surface area contributed by atoms with Gasteiger partial charge >= 0.3 is 0 Å². The number of ketones is 1. The van der Waals surface area contributed by atoms with Gasteiger partial charge in [-0.1, -0.05) is 60.1 Å². The number of anilines is 1. The zero-order chi connectivity index (χ0) is 20.5. The second kappa shape index (κ2) is 7.45. The van der Waals surface area contributed by atoms with Crippen molar-refractivity contribution in [2.24, 2.45) is 0 Å².